The maximum Gasteiger partial charge on any atom is 0.272 e. The van der Waals surface area contributed by atoms with Crippen molar-refractivity contribution >= 4 is 32.3 Å². The second-order valence-corrected chi connectivity index (χ2v) is 11.1. The summed E-state index contributed by atoms with van der Waals surface area (Å²) in [5, 5.41) is 0.742. The SMILES string of the molecule is CC(C)N1CCN(c2ccc(-c3ccc4[nH]c(=O)c(NS(=O)(=O)c5ccccc5)cc4c3)cc2)CC1. The van der Waals surface area contributed by atoms with E-state index in [9.17, 15) is 13.2 Å². The number of rotatable bonds is 6. The highest BCUT2D eigenvalue weighted by Crippen LogP contribution is 2.27. The van der Waals surface area contributed by atoms with Crippen molar-refractivity contribution in [2.24, 2.45) is 0 Å². The molecule has 0 atom stereocenters. The van der Waals surface area contributed by atoms with E-state index in [1.807, 2.05) is 18.2 Å². The van der Waals surface area contributed by atoms with Gasteiger partial charge in [-0.15, -0.1) is 0 Å². The Kier molecular flexibility index (Phi) is 6.55. The number of hydrogen-bond donors (Lipinski definition) is 2. The van der Waals surface area contributed by atoms with E-state index in [4.69, 9.17) is 0 Å². The minimum absolute atomic E-state index is 0.0145. The lowest BCUT2D eigenvalue weighted by Gasteiger charge is -2.38. The molecule has 186 valence electrons. The van der Waals surface area contributed by atoms with Crippen LogP contribution in [-0.2, 0) is 10.0 Å². The summed E-state index contributed by atoms with van der Waals surface area (Å²) in [6, 6.07) is 24.4. The van der Waals surface area contributed by atoms with Gasteiger partial charge in [-0.25, -0.2) is 8.42 Å². The molecule has 1 saturated heterocycles. The summed E-state index contributed by atoms with van der Waals surface area (Å²) in [4.78, 5) is 20.3. The second kappa shape index (κ2) is 9.79. The van der Waals surface area contributed by atoms with Gasteiger partial charge in [-0.1, -0.05) is 36.4 Å². The quantitative estimate of drug-likeness (QED) is 0.405. The van der Waals surface area contributed by atoms with E-state index in [1.54, 1.807) is 24.3 Å². The average Bonchev–Trinajstić information content (AvgIpc) is 2.89. The van der Waals surface area contributed by atoms with E-state index in [1.165, 1.54) is 17.8 Å². The van der Waals surface area contributed by atoms with Crippen molar-refractivity contribution in [2.45, 2.75) is 24.8 Å². The summed E-state index contributed by atoms with van der Waals surface area (Å²) in [6.07, 6.45) is 0. The van der Waals surface area contributed by atoms with Crippen molar-refractivity contribution in [1.29, 1.82) is 0 Å². The molecule has 0 amide bonds. The van der Waals surface area contributed by atoms with Crippen molar-refractivity contribution in [3.8, 4) is 11.1 Å². The highest BCUT2D eigenvalue weighted by Gasteiger charge is 2.19. The van der Waals surface area contributed by atoms with Crippen molar-refractivity contribution in [2.75, 3.05) is 35.8 Å². The second-order valence-electron chi connectivity index (χ2n) is 9.40. The monoisotopic (exact) mass is 502 g/mol. The van der Waals surface area contributed by atoms with Gasteiger partial charge in [0.1, 0.15) is 5.69 Å². The van der Waals surface area contributed by atoms with Crippen LogP contribution >= 0.6 is 0 Å². The Morgan fingerprint density at radius 1 is 0.833 bits per heavy atom. The van der Waals surface area contributed by atoms with Crippen LogP contribution in [0.4, 0.5) is 11.4 Å². The first-order chi connectivity index (χ1) is 17.3. The lowest BCUT2D eigenvalue weighted by atomic mass is 10.0. The number of anilines is 2. The first-order valence-corrected chi connectivity index (χ1v) is 13.6. The molecule has 3 aromatic carbocycles. The van der Waals surface area contributed by atoms with Crippen LogP contribution in [0.5, 0.6) is 0 Å². The standard InChI is InChI=1S/C28H30N4O3S/c1-20(2)31-14-16-32(17-15-31)24-11-8-21(9-12-24)22-10-13-26-23(18-22)19-27(28(33)29-26)30-36(34,35)25-6-4-3-5-7-25/h3-13,18-20,30H,14-17H2,1-2H3,(H,29,33). The zero-order chi connectivity index (χ0) is 25.3. The van der Waals surface area contributed by atoms with Gasteiger partial charge in [-0.05, 0) is 67.4 Å². The smallest absolute Gasteiger partial charge is 0.272 e. The van der Waals surface area contributed by atoms with Gasteiger partial charge in [-0.2, -0.15) is 0 Å². The van der Waals surface area contributed by atoms with E-state index >= 15 is 0 Å². The molecule has 0 radical (unpaired) electrons. The Morgan fingerprint density at radius 3 is 2.17 bits per heavy atom. The molecule has 1 aromatic heterocycles. The highest BCUT2D eigenvalue weighted by atomic mass is 32.2. The summed E-state index contributed by atoms with van der Waals surface area (Å²) >= 11 is 0. The number of piperazine rings is 1. The molecule has 8 heteroatoms. The minimum Gasteiger partial charge on any atom is -0.369 e. The maximum atomic E-state index is 12.7. The third-order valence-electron chi connectivity index (χ3n) is 6.75. The lowest BCUT2D eigenvalue weighted by Crippen LogP contribution is -2.48. The lowest BCUT2D eigenvalue weighted by molar-refractivity contribution is 0.209. The fourth-order valence-corrected chi connectivity index (χ4v) is 5.70. The van der Waals surface area contributed by atoms with Crippen LogP contribution in [-0.4, -0.2) is 50.5 Å². The first kappa shape index (κ1) is 24.1. The summed E-state index contributed by atoms with van der Waals surface area (Å²) in [5.74, 6) is 0. The summed E-state index contributed by atoms with van der Waals surface area (Å²) in [6.45, 7) is 8.65. The number of sulfonamides is 1. The Hall–Kier alpha value is -3.62. The molecule has 0 aliphatic carbocycles. The van der Waals surface area contributed by atoms with Crippen LogP contribution in [0.15, 0.2) is 88.6 Å². The number of benzene rings is 3. The molecule has 0 unspecified atom stereocenters. The molecule has 1 aliphatic heterocycles. The molecule has 0 bridgehead atoms. The van der Waals surface area contributed by atoms with E-state index in [2.05, 4.69) is 57.6 Å². The minimum atomic E-state index is -3.87. The molecule has 2 N–H and O–H groups in total. The largest absolute Gasteiger partial charge is 0.369 e. The zero-order valence-corrected chi connectivity index (χ0v) is 21.3. The van der Waals surface area contributed by atoms with Crippen molar-refractivity contribution < 1.29 is 8.42 Å². The highest BCUT2D eigenvalue weighted by molar-refractivity contribution is 7.92. The zero-order valence-electron chi connectivity index (χ0n) is 20.4. The fraction of sp³-hybridized carbons (Fsp3) is 0.250. The predicted molar refractivity (Wildman–Crippen MR) is 146 cm³/mol. The average molecular weight is 503 g/mol. The molecule has 36 heavy (non-hydrogen) atoms. The fourth-order valence-electron chi connectivity index (χ4n) is 4.63. The molecule has 1 fully saturated rings. The molecule has 0 saturated carbocycles. The topological polar surface area (TPSA) is 85.5 Å². The maximum absolute atomic E-state index is 12.7. The van der Waals surface area contributed by atoms with Crippen molar-refractivity contribution in [1.82, 2.24) is 9.88 Å². The molecule has 5 rings (SSSR count). The molecule has 4 aromatic rings. The summed E-state index contributed by atoms with van der Waals surface area (Å²) in [5.41, 5.74) is 3.40. The van der Waals surface area contributed by atoms with Crippen molar-refractivity contribution in [3.05, 3.63) is 89.2 Å². The molecule has 7 nitrogen and oxygen atoms in total. The van der Waals surface area contributed by atoms with E-state index in [0.29, 0.717) is 11.6 Å². The van der Waals surface area contributed by atoms with Gasteiger partial charge < -0.3 is 9.88 Å². The number of hydrogen-bond acceptors (Lipinski definition) is 5. The van der Waals surface area contributed by atoms with Gasteiger partial charge in [-0.3, -0.25) is 14.4 Å². The van der Waals surface area contributed by atoms with Crippen LogP contribution in [0.25, 0.3) is 22.0 Å². The molecule has 1 aliphatic rings. The van der Waals surface area contributed by atoms with Gasteiger partial charge in [0, 0.05) is 48.8 Å². The Balaban J connectivity index is 1.38. The number of pyridine rings is 1. The number of H-pyrrole nitrogens is 1. The van der Waals surface area contributed by atoms with Gasteiger partial charge >= 0.3 is 0 Å². The van der Waals surface area contributed by atoms with Crippen LogP contribution in [0.2, 0.25) is 0 Å². The van der Waals surface area contributed by atoms with E-state index in [-0.39, 0.29) is 10.6 Å². The molecular weight excluding hydrogens is 472 g/mol. The summed E-state index contributed by atoms with van der Waals surface area (Å²) in [7, 11) is -3.87. The van der Waals surface area contributed by atoms with Gasteiger partial charge in [0.15, 0.2) is 0 Å². The molecular formula is C28H30N4O3S. The number of aromatic nitrogens is 1. The number of aromatic amines is 1. The third kappa shape index (κ3) is 5.01. The van der Waals surface area contributed by atoms with Crippen LogP contribution in [0.1, 0.15) is 13.8 Å². The van der Waals surface area contributed by atoms with Crippen LogP contribution in [0, 0.1) is 0 Å². The number of nitrogens with zero attached hydrogens (tertiary/aromatic N) is 2. The Bertz CT molecular complexity index is 1520. The molecule has 2 heterocycles. The molecule has 0 spiro atoms. The normalized spacial score (nSPS) is 14.9. The summed E-state index contributed by atoms with van der Waals surface area (Å²) < 4.78 is 27.9. The predicted octanol–water partition coefficient (Wildman–Crippen LogP) is 4.53. The number of nitrogens with one attached hydrogen (secondary N) is 2. The van der Waals surface area contributed by atoms with E-state index < -0.39 is 15.6 Å². The van der Waals surface area contributed by atoms with Crippen LogP contribution < -0.4 is 15.2 Å². The first-order valence-electron chi connectivity index (χ1n) is 12.1. The number of fused-ring (bicyclic) bond motifs is 1. The Labute approximate surface area is 211 Å². The van der Waals surface area contributed by atoms with Gasteiger partial charge in [0.05, 0.1) is 4.90 Å². The van der Waals surface area contributed by atoms with Crippen LogP contribution in [0.3, 0.4) is 0 Å². The van der Waals surface area contributed by atoms with Gasteiger partial charge in [0.25, 0.3) is 15.6 Å². The van der Waals surface area contributed by atoms with Crippen molar-refractivity contribution in [3.63, 3.8) is 0 Å². The van der Waals surface area contributed by atoms with Gasteiger partial charge in [0.2, 0.25) is 0 Å². The third-order valence-corrected chi connectivity index (χ3v) is 8.13. The Morgan fingerprint density at radius 2 is 1.50 bits per heavy atom. The van der Waals surface area contributed by atoms with E-state index in [0.717, 1.165) is 42.7 Å².